The van der Waals surface area contributed by atoms with E-state index >= 15 is 0 Å². The smallest absolute Gasteiger partial charge is 0.164 e. The zero-order valence-corrected chi connectivity index (χ0v) is 34.8. The Balaban J connectivity index is 0.860. The molecule has 9 aromatic carbocycles. The van der Waals surface area contributed by atoms with Crippen LogP contribution in [0, 0.1) is 0 Å². The molecular formula is C58H36N4S. The van der Waals surface area contributed by atoms with Crippen molar-refractivity contribution in [2.45, 2.75) is 0 Å². The van der Waals surface area contributed by atoms with Crippen molar-refractivity contribution < 1.29 is 0 Å². The van der Waals surface area contributed by atoms with Crippen molar-refractivity contribution in [1.29, 1.82) is 0 Å². The molecule has 0 N–H and O–H groups in total. The van der Waals surface area contributed by atoms with Gasteiger partial charge in [0.1, 0.15) is 0 Å². The summed E-state index contributed by atoms with van der Waals surface area (Å²) in [7, 11) is 0. The van der Waals surface area contributed by atoms with E-state index < -0.39 is 0 Å². The van der Waals surface area contributed by atoms with Gasteiger partial charge in [0.25, 0.3) is 0 Å². The van der Waals surface area contributed by atoms with Gasteiger partial charge in [-0.1, -0.05) is 176 Å². The van der Waals surface area contributed by atoms with Crippen molar-refractivity contribution in [1.82, 2.24) is 19.9 Å². The third kappa shape index (κ3) is 6.81. The Labute approximate surface area is 368 Å². The second-order valence-corrected chi connectivity index (χ2v) is 16.9. The fourth-order valence-corrected chi connectivity index (χ4v) is 9.81. The maximum atomic E-state index is 5.19. The maximum Gasteiger partial charge on any atom is 0.164 e. The van der Waals surface area contributed by atoms with Crippen LogP contribution in [0.4, 0.5) is 0 Å². The predicted octanol–water partition coefficient (Wildman–Crippen LogP) is 15.6. The lowest BCUT2D eigenvalue weighted by molar-refractivity contribution is 1.07. The predicted molar refractivity (Wildman–Crippen MR) is 264 cm³/mol. The summed E-state index contributed by atoms with van der Waals surface area (Å²) in [6.07, 6.45) is 0. The highest BCUT2D eigenvalue weighted by atomic mass is 32.1. The summed E-state index contributed by atoms with van der Waals surface area (Å²) in [5.74, 6) is 1.94. The quantitative estimate of drug-likeness (QED) is 0.161. The van der Waals surface area contributed by atoms with Crippen LogP contribution in [0.5, 0.6) is 0 Å². The maximum absolute atomic E-state index is 5.19. The van der Waals surface area contributed by atoms with Gasteiger partial charge in [-0.25, -0.2) is 19.9 Å². The minimum absolute atomic E-state index is 0.641. The van der Waals surface area contributed by atoms with E-state index in [1.807, 2.05) is 72.0 Å². The van der Waals surface area contributed by atoms with Gasteiger partial charge in [-0.15, -0.1) is 11.3 Å². The molecule has 0 aliphatic rings. The first-order chi connectivity index (χ1) is 31.2. The summed E-state index contributed by atoms with van der Waals surface area (Å²) < 4.78 is 2.58. The fourth-order valence-electron chi connectivity index (χ4n) is 8.74. The number of rotatable bonds is 7. The summed E-state index contributed by atoms with van der Waals surface area (Å²) in [6.45, 7) is 0. The molecule has 0 saturated heterocycles. The Morgan fingerprint density at radius 1 is 0.270 bits per heavy atom. The van der Waals surface area contributed by atoms with Gasteiger partial charge < -0.3 is 0 Å². The number of pyridine rings is 1. The van der Waals surface area contributed by atoms with Crippen LogP contribution in [0.25, 0.3) is 121 Å². The zero-order valence-electron chi connectivity index (χ0n) is 34.0. The van der Waals surface area contributed by atoms with E-state index in [0.29, 0.717) is 17.5 Å². The molecule has 12 aromatic rings. The van der Waals surface area contributed by atoms with Crippen LogP contribution in [-0.4, -0.2) is 19.9 Å². The summed E-state index contributed by atoms with van der Waals surface area (Å²) in [5, 5.41) is 6.06. The normalized spacial score (nSPS) is 11.5. The molecule has 0 amide bonds. The molecule has 3 heterocycles. The van der Waals surface area contributed by atoms with Crippen LogP contribution in [0.15, 0.2) is 218 Å². The van der Waals surface area contributed by atoms with Gasteiger partial charge in [-0.3, -0.25) is 0 Å². The topological polar surface area (TPSA) is 51.6 Å². The summed E-state index contributed by atoms with van der Waals surface area (Å²) in [5.41, 5.74) is 13.0. The van der Waals surface area contributed by atoms with Gasteiger partial charge in [-0.05, 0) is 86.6 Å². The molecule has 0 aliphatic carbocycles. The van der Waals surface area contributed by atoms with E-state index in [9.17, 15) is 0 Å². The molecule has 0 bridgehead atoms. The van der Waals surface area contributed by atoms with Gasteiger partial charge in [0.2, 0.25) is 0 Å². The number of aromatic nitrogens is 4. The van der Waals surface area contributed by atoms with Crippen molar-refractivity contribution in [3.05, 3.63) is 218 Å². The fraction of sp³-hybridized carbons (Fsp3) is 0. The highest BCUT2D eigenvalue weighted by Gasteiger charge is 2.15. The van der Waals surface area contributed by atoms with Gasteiger partial charge in [0.05, 0.1) is 11.2 Å². The number of hydrogen-bond donors (Lipinski definition) is 0. The second-order valence-electron chi connectivity index (χ2n) is 15.8. The van der Waals surface area contributed by atoms with E-state index in [2.05, 4.69) is 158 Å². The monoisotopic (exact) mass is 820 g/mol. The van der Waals surface area contributed by atoms with Gasteiger partial charge >= 0.3 is 0 Å². The Morgan fingerprint density at radius 2 is 0.730 bits per heavy atom. The standard InChI is InChI=1S/C58H36N4S/c1-4-12-37(13-5-1)42-26-32-54-50(35-42)51-36-45(27-33-55(51)63-54)53-31-25-44-34-43(24-30-52(44)59-53)47-29-28-46(48-18-10-11-19-49(47)48)38-20-22-41(23-21-38)58-61-56(39-14-6-2-7-15-39)60-57(62-58)40-16-8-3-9-17-40/h1-36H. The summed E-state index contributed by atoms with van der Waals surface area (Å²) >= 11 is 1.84. The van der Waals surface area contributed by atoms with Crippen LogP contribution >= 0.6 is 11.3 Å². The van der Waals surface area contributed by atoms with Crippen molar-refractivity contribution >= 4 is 53.2 Å². The summed E-state index contributed by atoms with van der Waals surface area (Å²) in [6, 6.07) is 77.1. The first kappa shape index (κ1) is 36.7. The molecule has 0 fully saturated rings. The van der Waals surface area contributed by atoms with Crippen molar-refractivity contribution in [2.24, 2.45) is 0 Å². The Bertz CT molecular complexity index is 3600. The van der Waals surface area contributed by atoms with Crippen molar-refractivity contribution in [3.63, 3.8) is 0 Å². The first-order valence-electron chi connectivity index (χ1n) is 21.1. The van der Waals surface area contributed by atoms with E-state index in [1.165, 1.54) is 53.2 Å². The van der Waals surface area contributed by atoms with Crippen LogP contribution in [0.2, 0.25) is 0 Å². The van der Waals surface area contributed by atoms with Crippen LogP contribution in [0.1, 0.15) is 0 Å². The molecule has 3 aromatic heterocycles. The van der Waals surface area contributed by atoms with Gasteiger partial charge in [-0.2, -0.15) is 0 Å². The molecule has 12 rings (SSSR count). The van der Waals surface area contributed by atoms with Gasteiger partial charge in [0.15, 0.2) is 17.5 Å². The van der Waals surface area contributed by atoms with Crippen LogP contribution < -0.4 is 0 Å². The Morgan fingerprint density at radius 3 is 1.33 bits per heavy atom. The lowest BCUT2D eigenvalue weighted by Gasteiger charge is -2.13. The zero-order chi connectivity index (χ0) is 41.7. The number of hydrogen-bond acceptors (Lipinski definition) is 5. The minimum atomic E-state index is 0.641. The molecule has 294 valence electrons. The lowest BCUT2D eigenvalue weighted by atomic mass is 9.91. The number of benzene rings is 9. The minimum Gasteiger partial charge on any atom is -0.248 e. The lowest BCUT2D eigenvalue weighted by Crippen LogP contribution is -2.00. The van der Waals surface area contributed by atoms with E-state index in [0.717, 1.165) is 50.0 Å². The first-order valence-corrected chi connectivity index (χ1v) is 21.9. The average molecular weight is 821 g/mol. The molecule has 0 unspecified atom stereocenters. The molecule has 0 atom stereocenters. The average Bonchev–Trinajstić information content (AvgIpc) is 3.74. The number of nitrogens with zero attached hydrogens (tertiary/aromatic N) is 4. The molecule has 4 nitrogen and oxygen atoms in total. The molecule has 63 heavy (non-hydrogen) atoms. The third-order valence-electron chi connectivity index (χ3n) is 11.9. The molecule has 0 aliphatic heterocycles. The molecular weight excluding hydrogens is 785 g/mol. The number of fused-ring (bicyclic) bond motifs is 5. The van der Waals surface area contributed by atoms with Crippen LogP contribution in [0.3, 0.4) is 0 Å². The SMILES string of the molecule is c1ccc(-c2ccc3sc4ccc(-c5ccc6cc(-c7ccc(-c8ccc(-c9nc(-c%10ccccc%10)nc(-c%10ccccc%10)n9)cc8)c8ccccc78)ccc6n5)cc4c3c2)cc1. The van der Waals surface area contributed by atoms with Gasteiger partial charge in [0, 0.05) is 47.8 Å². The second kappa shape index (κ2) is 15.4. The van der Waals surface area contributed by atoms with E-state index in [-0.39, 0.29) is 0 Å². The Hall–Kier alpha value is -8.12. The van der Waals surface area contributed by atoms with Crippen molar-refractivity contribution in [3.8, 4) is 78.8 Å². The summed E-state index contributed by atoms with van der Waals surface area (Å²) in [4.78, 5) is 19.9. The van der Waals surface area contributed by atoms with E-state index in [1.54, 1.807) is 0 Å². The highest BCUT2D eigenvalue weighted by Crippen LogP contribution is 2.40. The highest BCUT2D eigenvalue weighted by molar-refractivity contribution is 7.25. The molecule has 0 radical (unpaired) electrons. The van der Waals surface area contributed by atoms with Crippen LogP contribution in [-0.2, 0) is 0 Å². The molecule has 5 heteroatoms. The molecule has 0 spiro atoms. The largest absolute Gasteiger partial charge is 0.248 e. The Kier molecular flexibility index (Phi) is 8.98. The molecule has 0 saturated carbocycles. The van der Waals surface area contributed by atoms with Crippen molar-refractivity contribution in [2.75, 3.05) is 0 Å². The van der Waals surface area contributed by atoms with E-state index in [4.69, 9.17) is 19.9 Å². The number of thiophene rings is 1. The third-order valence-corrected chi connectivity index (χ3v) is 13.1.